The fraction of sp³-hybridized carbons (Fsp3) is 0.294. The molecule has 0 aliphatic rings. The van der Waals surface area contributed by atoms with Gasteiger partial charge >= 0.3 is 0 Å². The van der Waals surface area contributed by atoms with E-state index in [-0.39, 0.29) is 6.61 Å². The van der Waals surface area contributed by atoms with Crippen LogP contribution in [0.5, 0.6) is 5.75 Å². The summed E-state index contributed by atoms with van der Waals surface area (Å²) in [6.45, 7) is 1.57. The van der Waals surface area contributed by atoms with Gasteiger partial charge in [-0.15, -0.1) is 0 Å². The minimum absolute atomic E-state index is 0.0778. The van der Waals surface area contributed by atoms with Crippen molar-refractivity contribution >= 4 is 22.7 Å². The van der Waals surface area contributed by atoms with Crippen LogP contribution < -0.4 is 27.3 Å². The molecule has 7 heteroatoms. The Hall–Kier alpha value is -2.64. The zero-order chi connectivity index (χ0) is 17.7. The van der Waals surface area contributed by atoms with Crippen molar-refractivity contribution < 1.29 is 14.9 Å². The first kappa shape index (κ1) is 17.7. The predicted octanol–water partition coefficient (Wildman–Crippen LogP) is 1.69. The van der Waals surface area contributed by atoms with Gasteiger partial charge in [-0.25, -0.2) is 0 Å². The summed E-state index contributed by atoms with van der Waals surface area (Å²) in [4.78, 5) is 0. The van der Waals surface area contributed by atoms with Crippen molar-refractivity contribution in [2.45, 2.75) is 25.7 Å². The zero-order valence-electron chi connectivity index (χ0n) is 13.6. The number of aliphatic hydroxyl groups is 2. The van der Waals surface area contributed by atoms with Crippen LogP contribution in [-0.4, -0.2) is 23.0 Å². The molecule has 0 aliphatic heterocycles. The zero-order valence-corrected chi connectivity index (χ0v) is 13.6. The Bertz CT molecular complexity index is 692. The molecule has 7 nitrogen and oxygen atoms in total. The van der Waals surface area contributed by atoms with Crippen LogP contribution in [0.25, 0.3) is 0 Å². The van der Waals surface area contributed by atoms with Crippen molar-refractivity contribution in [3.63, 3.8) is 0 Å². The summed E-state index contributed by atoms with van der Waals surface area (Å²) < 4.78 is 5.85. The van der Waals surface area contributed by atoms with Crippen molar-refractivity contribution in [2.24, 2.45) is 0 Å². The van der Waals surface area contributed by atoms with Gasteiger partial charge in [0.05, 0.1) is 11.8 Å². The number of benzene rings is 2. The molecular weight excluding hydrogens is 308 g/mol. The van der Waals surface area contributed by atoms with E-state index in [9.17, 15) is 10.2 Å². The molecule has 2 unspecified atom stereocenters. The summed E-state index contributed by atoms with van der Waals surface area (Å²) >= 11 is 0. The van der Waals surface area contributed by atoms with Crippen LogP contribution in [0.1, 0.15) is 25.0 Å². The lowest BCUT2D eigenvalue weighted by Gasteiger charge is -2.24. The van der Waals surface area contributed by atoms with E-state index >= 15 is 0 Å². The number of nitrogen functional groups attached to an aromatic ring is 3. The van der Waals surface area contributed by atoms with Crippen molar-refractivity contribution in [2.75, 3.05) is 29.1 Å². The van der Waals surface area contributed by atoms with Crippen LogP contribution in [-0.2, 0) is 0 Å². The summed E-state index contributed by atoms with van der Waals surface area (Å²) in [5, 5.41) is 22.4. The SMILES string of the molecule is CC(O)c1cc(N)ccc1NC(CCO)Oc1ccc(N)cc1N. The maximum absolute atomic E-state index is 9.92. The molecule has 130 valence electrons. The maximum atomic E-state index is 9.92. The topological polar surface area (TPSA) is 140 Å². The molecule has 2 atom stereocenters. The van der Waals surface area contributed by atoms with Crippen molar-refractivity contribution in [1.29, 1.82) is 0 Å². The van der Waals surface area contributed by atoms with Gasteiger partial charge in [-0.1, -0.05) is 0 Å². The van der Waals surface area contributed by atoms with Crippen LogP contribution in [0, 0.1) is 0 Å². The minimum atomic E-state index is -0.702. The van der Waals surface area contributed by atoms with Gasteiger partial charge < -0.3 is 37.5 Å². The van der Waals surface area contributed by atoms with E-state index in [0.29, 0.717) is 40.5 Å². The molecule has 0 heterocycles. The van der Waals surface area contributed by atoms with Gasteiger partial charge in [0, 0.05) is 35.7 Å². The third-order valence-electron chi connectivity index (χ3n) is 3.54. The number of nitrogens with two attached hydrogens (primary N) is 3. The van der Waals surface area contributed by atoms with E-state index in [0.717, 1.165) is 0 Å². The second-order valence-electron chi connectivity index (χ2n) is 5.58. The number of rotatable bonds is 7. The van der Waals surface area contributed by atoms with E-state index in [2.05, 4.69) is 5.32 Å². The van der Waals surface area contributed by atoms with Crippen LogP contribution in [0.2, 0.25) is 0 Å². The van der Waals surface area contributed by atoms with Gasteiger partial charge in [0.25, 0.3) is 0 Å². The Morgan fingerprint density at radius 2 is 1.75 bits per heavy atom. The van der Waals surface area contributed by atoms with Crippen LogP contribution in [0.3, 0.4) is 0 Å². The lowest BCUT2D eigenvalue weighted by atomic mass is 10.1. The van der Waals surface area contributed by atoms with Gasteiger partial charge in [-0.3, -0.25) is 0 Å². The maximum Gasteiger partial charge on any atom is 0.172 e. The summed E-state index contributed by atoms with van der Waals surface area (Å²) in [6, 6.07) is 10.1. The highest BCUT2D eigenvalue weighted by Gasteiger charge is 2.16. The standard InChI is InChI=1S/C17H24N4O3/c1-10(23)13-8-11(18)2-4-15(13)21-17(6-7-22)24-16-5-3-12(19)9-14(16)20/h2-5,8-10,17,21-23H,6-7,18-20H2,1H3. The lowest BCUT2D eigenvalue weighted by Crippen LogP contribution is -2.28. The monoisotopic (exact) mass is 332 g/mol. The van der Waals surface area contributed by atoms with Crippen LogP contribution in [0.15, 0.2) is 36.4 Å². The largest absolute Gasteiger partial charge is 0.468 e. The Morgan fingerprint density at radius 3 is 2.38 bits per heavy atom. The molecule has 0 amide bonds. The molecule has 0 bridgehead atoms. The third kappa shape index (κ3) is 4.43. The van der Waals surface area contributed by atoms with Crippen molar-refractivity contribution in [3.8, 4) is 5.75 Å². The number of hydrogen-bond acceptors (Lipinski definition) is 7. The molecule has 0 aliphatic carbocycles. The molecule has 0 saturated carbocycles. The van der Waals surface area contributed by atoms with E-state index < -0.39 is 12.3 Å². The van der Waals surface area contributed by atoms with Gasteiger partial charge in [0.1, 0.15) is 5.75 Å². The number of nitrogens with one attached hydrogen (secondary N) is 1. The molecule has 2 rings (SSSR count). The molecule has 0 spiro atoms. The Morgan fingerprint density at radius 1 is 1.08 bits per heavy atom. The van der Waals surface area contributed by atoms with Crippen molar-refractivity contribution in [3.05, 3.63) is 42.0 Å². The average molecular weight is 332 g/mol. The Balaban J connectivity index is 2.22. The Labute approximate surface area is 141 Å². The molecule has 0 aromatic heterocycles. The number of hydrogen-bond donors (Lipinski definition) is 6. The van der Waals surface area contributed by atoms with E-state index in [1.807, 2.05) is 0 Å². The van der Waals surface area contributed by atoms with Crippen molar-refractivity contribution in [1.82, 2.24) is 0 Å². The third-order valence-corrected chi connectivity index (χ3v) is 3.54. The van der Waals surface area contributed by atoms with E-state index in [1.165, 1.54) is 0 Å². The quantitative estimate of drug-likeness (QED) is 0.335. The van der Waals surface area contributed by atoms with Gasteiger partial charge in [0.2, 0.25) is 0 Å². The highest BCUT2D eigenvalue weighted by Crippen LogP contribution is 2.29. The average Bonchev–Trinajstić information content (AvgIpc) is 2.51. The molecule has 2 aromatic rings. The predicted molar refractivity (Wildman–Crippen MR) is 96.5 cm³/mol. The molecule has 2 aromatic carbocycles. The molecule has 9 N–H and O–H groups in total. The second kappa shape index (κ2) is 7.76. The smallest absolute Gasteiger partial charge is 0.172 e. The van der Waals surface area contributed by atoms with Gasteiger partial charge in [-0.05, 0) is 43.3 Å². The van der Waals surface area contributed by atoms with Crippen LogP contribution in [0.4, 0.5) is 22.7 Å². The minimum Gasteiger partial charge on any atom is -0.468 e. The first-order valence-corrected chi connectivity index (χ1v) is 7.67. The fourth-order valence-electron chi connectivity index (χ4n) is 2.34. The molecule has 0 radical (unpaired) electrons. The highest BCUT2D eigenvalue weighted by molar-refractivity contribution is 5.61. The molecule has 0 saturated heterocycles. The number of aliphatic hydroxyl groups excluding tert-OH is 2. The van der Waals surface area contributed by atoms with E-state index in [4.69, 9.17) is 21.9 Å². The van der Waals surface area contributed by atoms with E-state index in [1.54, 1.807) is 43.3 Å². The second-order valence-corrected chi connectivity index (χ2v) is 5.58. The van der Waals surface area contributed by atoms with Gasteiger partial charge in [-0.2, -0.15) is 0 Å². The first-order valence-electron chi connectivity index (χ1n) is 7.67. The lowest BCUT2D eigenvalue weighted by molar-refractivity contribution is 0.174. The fourth-order valence-corrected chi connectivity index (χ4v) is 2.34. The molecular formula is C17H24N4O3. The summed E-state index contributed by atoms with van der Waals surface area (Å²) in [7, 11) is 0. The highest BCUT2D eigenvalue weighted by atomic mass is 16.5. The van der Waals surface area contributed by atoms with Gasteiger partial charge in [0.15, 0.2) is 6.23 Å². The normalized spacial score (nSPS) is 13.3. The summed E-state index contributed by atoms with van der Waals surface area (Å²) in [5.74, 6) is 0.462. The summed E-state index contributed by atoms with van der Waals surface area (Å²) in [6.07, 6.45) is -0.914. The summed E-state index contributed by atoms with van der Waals surface area (Å²) in [5.41, 5.74) is 20.2. The Kier molecular flexibility index (Phi) is 5.73. The number of ether oxygens (including phenoxy) is 1. The first-order chi connectivity index (χ1) is 11.4. The molecule has 0 fully saturated rings. The van der Waals surface area contributed by atoms with Crippen LogP contribution >= 0.6 is 0 Å². The number of anilines is 4. The molecule has 24 heavy (non-hydrogen) atoms.